The molecule has 2 rings (SSSR count). The molecule has 0 aromatic heterocycles. The van der Waals surface area contributed by atoms with Gasteiger partial charge in [-0.05, 0) is 12.5 Å². The van der Waals surface area contributed by atoms with Gasteiger partial charge >= 0.3 is 5.97 Å². The van der Waals surface area contributed by atoms with E-state index in [0.717, 1.165) is 5.56 Å². The van der Waals surface area contributed by atoms with Gasteiger partial charge in [0.05, 0.1) is 17.4 Å². The number of carboxylic acid groups (broad SMARTS) is 1. The molecule has 0 saturated carbocycles. The van der Waals surface area contributed by atoms with Crippen molar-refractivity contribution in [3.05, 3.63) is 35.9 Å². The number of nitrogens with zero attached hydrogens (tertiary/aromatic N) is 1. The molecule has 110 valence electrons. The second kappa shape index (κ2) is 5.93. The summed E-state index contributed by atoms with van der Waals surface area (Å²) in [5, 5.41) is 9.40. The maximum Gasteiger partial charge on any atom is 0.312 e. The first kappa shape index (κ1) is 15.0. The number of hydrogen-bond acceptors (Lipinski definition) is 4. The number of carboxylic acids is 1. The summed E-state index contributed by atoms with van der Waals surface area (Å²) >= 11 is 0. The molecule has 0 radical (unpaired) electrons. The molecule has 20 heavy (non-hydrogen) atoms. The van der Waals surface area contributed by atoms with Gasteiger partial charge in [0, 0.05) is 19.1 Å². The summed E-state index contributed by atoms with van der Waals surface area (Å²) in [5.74, 6) is -1.29. The molecule has 1 fully saturated rings. The molecule has 1 aliphatic rings. The van der Waals surface area contributed by atoms with Crippen molar-refractivity contribution in [2.24, 2.45) is 0 Å². The highest BCUT2D eigenvalue weighted by atomic mass is 32.2. The molecule has 5 nitrogen and oxygen atoms in total. The van der Waals surface area contributed by atoms with Crippen molar-refractivity contribution in [1.82, 2.24) is 4.90 Å². The van der Waals surface area contributed by atoms with Crippen LogP contribution in [0.2, 0.25) is 0 Å². The third-order valence-corrected chi connectivity index (χ3v) is 5.52. The molecule has 0 amide bonds. The van der Waals surface area contributed by atoms with E-state index in [1.807, 2.05) is 30.0 Å². The van der Waals surface area contributed by atoms with E-state index < -0.39 is 21.7 Å². The van der Waals surface area contributed by atoms with E-state index in [1.165, 1.54) is 0 Å². The third-order valence-electron chi connectivity index (χ3n) is 3.73. The standard InChI is InChI=1S/C14H19NO4S/c1-11-10-20(18,19)8-7-15(11)9-13(14(16)17)12-5-3-2-4-6-12/h2-6,11,13H,7-10H2,1H3,(H,16,17). The Kier molecular flexibility index (Phi) is 4.45. The number of sulfone groups is 1. The second-order valence-electron chi connectivity index (χ2n) is 5.26. The Bertz CT molecular complexity index is 570. The van der Waals surface area contributed by atoms with E-state index >= 15 is 0 Å². The van der Waals surface area contributed by atoms with Crippen molar-refractivity contribution >= 4 is 15.8 Å². The fourth-order valence-corrected chi connectivity index (χ4v) is 4.18. The van der Waals surface area contributed by atoms with Gasteiger partial charge in [0.1, 0.15) is 0 Å². The smallest absolute Gasteiger partial charge is 0.312 e. The average molecular weight is 297 g/mol. The lowest BCUT2D eigenvalue weighted by Gasteiger charge is -2.34. The van der Waals surface area contributed by atoms with Crippen LogP contribution < -0.4 is 0 Å². The normalized spacial score (nSPS) is 24.1. The number of benzene rings is 1. The molecule has 2 atom stereocenters. The van der Waals surface area contributed by atoms with Gasteiger partial charge in [-0.3, -0.25) is 9.69 Å². The first-order chi connectivity index (χ1) is 9.39. The van der Waals surface area contributed by atoms with Gasteiger partial charge in [0.2, 0.25) is 0 Å². The molecule has 1 N–H and O–H groups in total. The van der Waals surface area contributed by atoms with Crippen molar-refractivity contribution < 1.29 is 18.3 Å². The first-order valence-corrected chi connectivity index (χ1v) is 8.43. The molecule has 1 saturated heterocycles. The van der Waals surface area contributed by atoms with Crippen molar-refractivity contribution in [3.63, 3.8) is 0 Å². The number of hydrogen-bond donors (Lipinski definition) is 1. The Morgan fingerprint density at radius 2 is 2.05 bits per heavy atom. The van der Waals surface area contributed by atoms with E-state index in [4.69, 9.17) is 0 Å². The molecule has 0 aliphatic carbocycles. The molecular weight excluding hydrogens is 278 g/mol. The van der Waals surface area contributed by atoms with E-state index in [1.54, 1.807) is 12.1 Å². The highest BCUT2D eigenvalue weighted by Crippen LogP contribution is 2.21. The third kappa shape index (κ3) is 3.58. The summed E-state index contributed by atoms with van der Waals surface area (Å²) < 4.78 is 23.1. The predicted octanol–water partition coefficient (Wildman–Crippen LogP) is 0.974. The lowest BCUT2D eigenvalue weighted by Crippen LogP contribution is -2.48. The molecule has 1 aromatic carbocycles. The zero-order chi connectivity index (χ0) is 14.8. The fraction of sp³-hybridized carbons (Fsp3) is 0.500. The Morgan fingerprint density at radius 3 is 2.60 bits per heavy atom. The van der Waals surface area contributed by atoms with Crippen LogP contribution in [-0.2, 0) is 14.6 Å². The van der Waals surface area contributed by atoms with Gasteiger partial charge in [0.25, 0.3) is 0 Å². The quantitative estimate of drug-likeness (QED) is 0.896. The number of rotatable bonds is 4. The minimum Gasteiger partial charge on any atom is -0.481 e. The summed E-state index contributed by atoms with van der Waals surface area (Å²) in [6, 6.07) is 8.93. The Labute approximate surface area is 119 Å². The highest BCUT2D eigenvalue weighted by molar-refractivity contribution is 7.91. The van der Waals surface area contributed by atoms with E-state index in [-0.39, 0.29) is 17.5 Å². The minimum absolute atomic E-state index is 0.105. The highest BCUT2D eigenvalue weighted by Gasteiger charge is 2.31. The van der Waals surface area contributed by atoms with Gasteiger partial charge in [-0.15, -0.1) is 0 Å². The molecular formula is C14H19NO4S. The summed E-state index contributed by atoms with van der Waals surface area (Å²) in [6.45, 7) is 2.58. The van der Waals surface area contributed by atoms with Crippen LogP contribution in [0.3, 0.4) is 0 Å². The summed E-state index contributed by atoms with van der Waals surface area (Å²) in [4.78, 5) is 13.4. The SMILES string of the molecule is CC1CS(=O)(=O)CCN1CC(C(=O)O)c1ccccc1. The van der Waals surface area contributed by atoms with Crippen molar-refractivity contribution in [2.45, 2.75) is 18.9 Å². The van der Waals surface area contributed by atoms with E-state index in [9.17, 15) is 18.3 Å². The van der Waals surface area contributed by atoms with E-state index in [2.05, 4.69) is 0 Å². The van der Waals surface area contributed by atoms with Crippen molar-refractivity contribution in [2.75, 3.05) is 24.6 Å². The van der Waals surface area contributed by atoms with Crippen molar-refractivity contribution in [1.29, 1.82) is 0 Å². The van der Waals surface area contributed by atoms with Gasteiger partial charge in [-0.2, -0.15) is 0 Å². The molecule has 0 spiro atoms. The van der Waals surface area contributed by atoms with Crippen LogP contribution in [0, 0.1) is 0 Å². The zero-order valence-corrected chi connectivity index (χ0v) is 12.2. The van der Waals surface area contributed by atoms with Crippen LogP contribution in [0.1, 0.15) is 18.4 Å². The van der Waals surface area contributed by atoms with Crippen LogP contribution in [0.15, 0.2) is 30.3 Å². The van der Waals surface area contributed by atoms with Gasteiger partial charge in [0.15, 0.2) is 9.84 Å². The van der Waals surface area contributed by atoms with Gasteiger partial charge < -0.3 is 5.11 Å². The van der Waals surface area contributed by atoms with Gasteiger partial charge in [-0.1, -0.05) is 30.3 Å². The predicted molar refractivity (Wildman–Crippen MR) is 76.5 cm³/mol. The molecule has 1 aliphatic heterocycles. The fourth-order valence-electron chi connectivity index (χ4n) is 2.55. The van der Waals surface area contributed by atoms with Gasteiger partial charge in [-0.25, -0.2) is 8.42 Å². The van der Waals surface area contributed by atoms with Crippen LogP contribution >= 0.6 is 0 Å². The number of aliphatic carboxylic acids is 1. The number of carbonyl (C=O) groups is 1. The maximum absolute atomic E-state index is 11.6. The Hall–Kier alpha value is -1.40. The van der Waals surface area contributed by atoms with Crippen molar-refractivity contribution in [3.8, 4) is 0 Å². The second-order valence-corrected chi connectivity index (χ2v) is 7.49. The monoisotopic (exact) mass is 297 g/mol. The summed E-state index contributed by atoms with van der Waals surface area (Å²) in [5.41, 5.74) is 0.751. The van der Waals surface area contributed by atoms with E-state index in [0.29, 0.717) is 13.1 Å². The largest absolute Gasteiger partial charge is 0.481 e. The molecule has 2 unspecified atom stereocenters. The van der Waals surface area contributed by atoms with Crippen LogP contribution in [0.25, 0.3) is 0 Å². The topological polar surface area (TPSA) is 74.7 Å². The zero-order valence-electron chi connectivity index (χ0n) is 11.4. The average Bonchev–Trinajstić information content (AvgIpc) is 2.37. The van der Waals surface area contributed by atoms with Crippen LogP contribution in [0.5, 0.6) is 0 Å². The molecule has 6 heteroatoms. The first-order valence-electron chi connectivity index (χ1n) is 6.61. The Morgan fingerprint density at radius 1 is 1.40 bits per heavy atom. The lowest BCUT2D eigenvalue weighted by atomic mass is 9.98. The summed E-state index contributed by atoms with van der Waals surface area (Å²) in [7, 11) is -2.97. The van der Waals surface area contributed by atoms with Crippen LogP contribution in [-0.4, -0.2) is 55.0 Å². The van der Waals surface area contributed by atoms with Crippen LogP contribution in [0.4, 0.5) is 0 Å². The minimum atomic E-state index is -2.97. The molecule has 1 aromatic rings. The lowest BCUT2D eigenvalue weighted by molar-refractivity contribution is -0.139. The maximum atomic E-state index is 11.6. The molecule has 1 heterocycles. The summed E-state index contributed by atoms with van der Waals surface area (Å²) in [6.07, 6.45) is 0. The molecule has 0 bridgehead atoms. The Balaban J connectivity index is 2.12.